The molecule has 1 saturated heterocycles. The number of nitrogens with two attached hydrogens (primary N) is 1. The molecule has 0 aliphatic carbocycles. The third-order valence-electron chi connectivity index (χ3n) is 3.54. The van der Waals surface area contributed by atoms with Crippen molar-refractivity contribution in [1.29, 1.82) is 0 Å². The lowest BCUT2D eigenvalue weighted by atomic mass is 9.95. The molecular formula is C13H25ClF3N3O. The number of nitrogens with zero attached hydrogens (tertiary/aromatic N) is 2. The quantitative estimate of drug-likeness (QED) is 0.857. The summed E-state index contributed by atoms with van der Waals surface area (Å²) in [5, 5.41) is 0. The molecule has 0 aromatic rings. The highest BCUT2D eigenvalue weighted by Crippen LogP contribution is 2.19. The minimum Gasteiger partial charge on any atom is -0.340 e. The molecule has 4 nitrogen and oxygen atoms in total. The lowest BCUT2D eigenvalue weighted by molar-refractivity contribution is -0.145. The molecule has 0 bridgehead atoms. The maximum Gasteiger partial charge on any atom is 0.401 e. The fourth-order valence-corrected chi connectivity index (χ4v) is 2.57. The van der Waals surface area contributed by atoms with Crippen LogP contribution in [0.2, 0.25) is 0 Å². The first-order valence-corrected chi connectivity index (χ1v) is 7.03. The van der Waals surface area contributed by atoms with E-state index in [2.05, 4.69) is 0 Å². The molecule has 1 atom stereocenters. The van der Waals surface area contributed by atoms with Crippen LogP contribution in [0.5, 0.6) is 0 Å². The van der Waals surface area contributed by atoms with Crippen LogP contribution in [0.3, 0.4) is 0 Å². The van der Waals surface area contributed by atoms with Gasteiger partial charge in [-0.25, -0.2) is 0 Å². The predicted molar refractivity (Wildman–Crippen MR) is 78.4 cm³/mol. The van der Waals surface area contributed by atoms with Gasteiger partial charge in [0.15, 0.2) is 0 Å². The number of alkyl halides is 3. The van der Waals surface area contributed by atoms with Crippen molar-refractivity contribution >= 4 is 18.3 Å². The lowest BCUT2D eigenvalue weighted by Crippen LogP contribution is -2.54. The number of halogens is 4. The molecule has 1 unspecified atom stereocenters. The van der Waals surface area contributed by atoms with Crippen LogP contribution in [-0.2, 0) is 4.79 Å². The Morgan fingerprint density at radius 2 is 1.81 bits per heavy atom. The summed E-state index contributed by atoms with van der Waals surface area (Å²) in [6.07, 6.45) is -2.27. The zero-order chi connectivity index (χ0) is 15.4. The molecule has 1 aliphatic rings. The van der Waals surface area contributed by atoms with Crippen LogP contribution in [0.15, 0.2) is 0 Å². The van der Waals surface area contributed by atoms with E-state index in [0.717, 1.165) is 6.42 Å². The van der Waals surface area contributed by atoms with E-state index in [1.165, 1.54) is 4.90 Å². The molecule has 126 valence electrons. The van der Waals surface area contributed by atoms with Crippen LogP contribution in [0.25, 0.3) is 0 Å². The molecule has 21 heavy (non-hydrogen) atoms. The number of hydrogen-bond acceptors (Lipinski definition) is 3. The van der Waals surface area contributed by atoms with E-state index in [0.29, 0.717) is 32.5 Å². The zero-order valence-electron chi connectivity index (χ0n) is 12.6. The van der Waals surface area contributed by atoms with Crippen molar-refractivity contribution in [3.8, 4) is 0 Å². The molecule has 0 saturated carbocycles. The number of rotatable bonds is 4. The highest BCUT2D eigenvalue weighted by atomic mass is 35.5. The topological polar surface area (TPSA) is 49.6 Å². The molecule has 0 aromatic carbocycles. The van der Waals surface area contributed by atoms with Gasteiger partial charge in [0.2, 0.25) is 5.91 Å². The normalized spacial score (nSPS) is 20.4. The second-order valence-corrected chi connectivity index (χ2v) is 5.70. The van der Waals surface area contributed by atoms with Gasteiger partial charge in [-0.3, -0.25) is 9.69 Å². The summed E-state index contributed by atoms with van der Waals surface area (Å²) in [7, 11) is 0. The van der Waals surface area contributed by atoms with Gasteiger partial charge in [0, 0.05) is 26.2 Å². The number of hydrogen-bond donors (Lipinski definition) is 1. The van der Waals surface area contributed by atoms with E-state index in [-0.39, 0.29) is 24.9 Å². The molecule has 1 aliphatic heterocycles. The maximum atomic E-state index is 12.4. The highest BCUT2D eigenvalue weighted by Gasteiger charge is 2.35. The van der Waals surface area contributed by atoms with Gasteiger partial charge in [-0.2, -0.15) is 13.2 Å². The summed E-state index contributed by atoms with van der Waals surface area (Å²) in [6.45, 7) is 4.12. The van der Waals surface area contributed by atoms with Crippen molar-refractivity contribution in [2.75, 3.05) is 32.7 Å². The molecule has 1 rings (SSSR count). The Bertz CT molecular complexity index is 337. The minimum absolute atomic E-state index is 0. The molecular weight excluding hydrogens is 307 g/mol. The molecule has 1 fully saturated rings. The SMILES string of the molecule is CCCC(C)(N)C(=O)N1CCCN(CC(F)(F)F)CC1.Cl. The van der Waals surface area contributed by atoms with Crippen LogP contribution in [0, 0.1) is 0 Å². The van der Waals surface area contributed by atoms with E-state index in [4.69, 9.17) is 5.73 Å². The van der Waals surface area contributed by atoms with Crippen molar-refractivity contribution < 1.29 is 18.0 Å². The van der Waals surface area contributed by atoms with Gasteiger partial charge >= 0.3 is 6.18 Å². The average Bonchev–Trinajstić information content (AvgIpc) is 2.51. The largest absolute Gasteiger partial charge is 0.401 e. The summed E-state index contributed by atoms with van der Waals surface area (Å²) < 4.78 is 37.1. The number of carbonyl (C=O) groups is 1. The Labute approximate surface area is 130 Å². The predicted octanol–water partition coefficient (Wildman–Crippen LogP) is 2.02. The summed E-state index contributed by atoms with van der Waals surface area (Å²) in [5.74, 6) is -0.159. The van der Waals surface area contributed by atoms with E-state index >= 15 is 0 Å². The molecule has 1 heterocycles. The van der Waals surface area contributed by atoms with Crippen LogP contribution >= 0.6 is 12.4 Å². The van der Waals surface area contributed by atoms with Crippen LogP contribution in [-0.4, -0.2) is 60.1 Å². The summed E-state index contributed by atoms with van der Waals surface area (Å²) >= 11 is 0. The van der Waals surface area contributed by atoms with Crippen molar-refractivity contribution in [2.45, 2.75) is 44.8 Å². The van der Waals surface area contributed by atoms with Crippen LogP contribution < -0.4 is 5.73 Å². The van der Waals surface area contributed by atoms with Gasteiger partial charge in [-0.15, -0.1) is 12.4 Å². The Balaban J connectivity index is 0.00000400. The van der Waals surface area contributed by atoms with Crippen molar-refractivity contribution in [3.63, 3.8) is 0 Å². The Morgan fingerprint density at radius 3 is 2.33 bits per heavy atom. The van der Waals surface area contributed by atoms with Gasteiger partial charge in [0.1, 0.15) is 0 Å². The molecule has 0 radical (unpaired) electrons. The van der Waals surface area contributed by atoms with Gasteiger partial charge in [0.05, 0.1) is 12.1 Å². The van der Waals surface area contributed by atoms with Gasteiger partial charge < -0.3 is 10.6 Å². The second kappa shape index (κ2) is 8.19. The fraction of sp³-hybridized carbons (Fsp3) is 0.923. The van der Waals surface area contributed by atoms with E-state index in [9.17, 15) is 18.0 Å². The summed E-state index contributed by atoms with van der Waals surface area (Å²) in [4.78, 5) is 15.3. The smallest absolute Gasteiger partial charge is 0.340 e. The Hall–Kier alpha value is -0.530. The second-order valence-electron chi connectivity index (χ2n) is 5.70. The highest BCUT2D eigenvalue weighted by molar-refractivity contribution is 5.86. The van der Waals surface area contributed by atoms with Gasteiger partial charge in [0.25, 0.3) is 0 Å². The molecule has 1 amide bonds. The third-order valence-corrected chi connectivity index (χ3v) is 3.54. The van der Waals surface area contributed by atoms with E-state index in [1.807, 2.05) is 6.92 Å². The number of carbonyl (C=O) groups excluding carboxylic acids is 1. The lowest BCUT2D eigenvalue weighted by Gasteiger charge is -2.31. The Morgan fingerprint density at radius 1 is 1.19 bits per heavy atom. The monoisotopic (exact) mass is 331 g/mol. The first kappa shape index (κ1) is 20.5. The van der Waals surface area contributed by atoms with Crippen LogP contribution in [0.4, 0.5) is 13.2 Å². The zero-order valence-corrected chi connectivity index (χ0v) is 13.4. The summed E-state index contributed by atoms with van der Waals surface area (Å²) in [6, 6.07) is 0. The molecule has 0 spiro atoms. The van der Waals surface area contributed by atoms with Crippen molar-refractivity contribution in [2.24, 2.45) is 5.73 Å². The molecule has 0 aromatic heterocycles. The summed E-state index contributed by atoms with van der Waals surface area (Å²) in [5.41, 5.74) is 5.08. The number of amides is 1. The maximum absolute atomic E-state index is 12.4. The first-order chi connectivity index (χ1) is 9.15. The average molecular weight is 332 g/mol. The van der Waals surface area contributed by atoms with Crippen molar-refractivity contribution in [3.05, 3.63) is 0 Å². The third kappa shape index (κ3) is 6.84. The van der Waals surface area contributed by atoms with E-state index < -0.39 is 18.3 Å². The van der Waals surface area contributed by atoms with Gasteiger partial charge in [-0.1, -0.05) is 13.3 Å². The Kier molecular flexibility index (Phi) is 7.99. The van der Waals surface area contributed by atoms with Crippen LogP contribution in [0.1, 0.15) is 33.1 Å². The van der Waals surface area contributed by atoms with E-state index in [1.54, 1.807) is 11.8 Å². The van der Waals surface area contributed by atoms with Crippen molar-refractivity contribution in [1.82, 2.24) is 9.80 Å². The minimum atomic E-state index is -4.19. The fourth-order valence-electron chi connectivity index (χ4n) is 2.57. The standard InChI is InChI=1S/C13H24F3N3O.ClH/c1-3-5-12(2,17)11(20)19-7-4-6-18(8-9-19)10-13(14,15)16;/h3-10,17H2,1-2H3;1H. The molecule has 8 heteroatoms. The molecule has 2 N–H and O–H groups in total. The first-order valence-electron chi connectivity index (χ1n) is 7.03. The van der Waals surface area contributed by atoms with Gasteiger partial charge in [-0.05, 0) is 19.8 Å².